The highest BCUT2D eigenvalue weighted by Crippen LogP contribution is 2.32. The number of ether oxygens (including phenoxy) is 1. The maximum absolute atomic E-state index is 13.1. The van der Waals surface area contributed by atoms with Gasteiger partial charge >= 0.3 is 6.18 Å². The summed E-state index contributed by atoms with van der Waals surface area (Å²) in [7, 11) is 1.60. The molecule has 4 heterocycles. The zero-order chi connectivity index (χ0) is 21.1. The first-order valence-electron chi connectivity index (χ1n) is 9.38. The van der Waals surface area contributed by atoms with Crippen LogP contribution in [-0.4, -0.2) is 27.0 Å². The molecule has 0 aliphatic heterocycles. The first-order valence-corrected chi connectivity index (χ1v) is 9.38. The molecule has 4 rings (SSSR count). The number of rotatable bonds is 6. The van der Waals surface area contributed by atoms with Crippen LogP contribution < -0.4 is 4.74 Å². The third-order valence-corrected chi connectivity index (χ3v) is 4.97. The van der Waals surface area contributed by atoms with Gasteiger partial charge in [0.15, 0.2) is 0 Å². The fourth-order valence-electron chi connectivity index (χ4n) is 3.39. The quantitative estimate of drug-likeness (QED) is 0.496. The largest absolute Gasteiger partial charge is 0.495 e. The van der Waals surface area contributed by atoms with E-state index < -0.39 is 11.7 Å². The molecule has 0 atom stereocenters. The van der Waals surface area contributed by atoms with Gasteiger partial charge < -0.3 is 9.72 Å². The van der Waals surface area contributed by atoms with Gasteiger partial charge in [-0.1, -0.05) is 6.07 Å². The van der Waals surface area contributed by atoms with E-state index in [0.717, 1.165) is 40.1 Å². The Morgan fingerprint density at radius 1 is 1.00 bits per heavy atom. The molecule has 154 valence electrons. The van der Waals surface area contributed by atoms with Gasteiger partial charge in [-0.3, -0.25) is 9.97 Å². The molecule has 0 fully saturated rings. The predicted octanol–water partition coefficient (Wildman–Crippen LogP) is 4.76. The molecule has 0 amide bonds. The van der Waals surface area contributed by atoms with E-state index in [9.17, 15) is 13.2 Å². The van der Waals surface area contributed by atoms with Crippen molar-refractivity contribution in [2.45, 2.75) is 25.4 Å². The Bertz CT molecular complexity index is 1150. The molecule has 8 heteroatoms. The van der Waals surface area contributed by atoms with Crippen molar-refractivity contribution in [2.24, 2.45) is 0 Å². The number of aryl methyl sites for hydroxylation is 2. The lowest BCUT2D eigenvalue weighted by Crippen LogP contribution is -2.10. The van der Waals surface area contributed by atoms with Crippen molar-refractivity contribution in [3.63, 3.8) is 0 Å². The van der Waals surface area contributed by atoms with Gasteiger partial charge in [-0.25, -0.2) is 4.98 Å². The van der Waals surface area contributed by atoms with E-state index in [1.165, 1.54) is 6.20 Å². The normalized spacial score (nSPS) is 11.7. The van der Waals surface area contributed by atoms with Crippen molar-refractivity contribution in [3.8, 4) is 5.75 Å². The molecule has 0 unspecified atom stereocenters. The van der Waals surface area contributed by atoms with Crippen LogP contribution in [-0.2, 0) is 25.4 Å². The third-order valence-electron chi connectivity index (χ3n) is 4.97. The number of aromatic amines is 1. The van der Waals surface area contributed by atoms with Crippen LogP contribution in [0, 0.1) is 0 Å². The molecule has 0 bridgehead atoms. The number of methoxy groups -OCH3 is 1. The van der Waals surface area contributed by atoms with E-state index >= 15 is 0 Å². The van der Waals surface area contributed by atoms with Crippen LogP contribution in [0.25, 0.3) is 11.0 Å². The summed E-state index contributed by atoms with van der Waals surface area (Å²) >= 11 is 0. The number of fused-ring (bicyclic) bond motifs is 1. The van der Waals surface area contributed by atoms with E-state index in [1.807, 2.05) is 24.4 Å². The monoisotopic (exact) mass is 412 g/mol. The number of hydrogen-bond donors (Lipinski definition) is 1. The van der Waals surface area contributed by atoms with Gasteiger partial charge in [0.2, 0.25) is 0 Å². The summed E-state index contributed by atoms with van der Waals surface area (Å²) in [6.07, 6.45) is 4.67. The number of hydrogen-bond acceptors (Lipinski definition) is 4. The molecular weight excluding hydrogens is 393 g/mol. The second-order valence-corrected chi connectivity index (χ2v) is 6.95. The van der Waals surface area contributed by atoms with Crippen LogP contribution in [0.15, 0.2) is 55.2 Å². The minimum Gasteiger partial charge on any atom is -0.495 e. The first kappa shape index (κ1) is 19.9. The van der Waals surface area contributed by atoms with E-state index in [-0.39, 0.29) is 12.0 Å². The van der Waals surface area contributed by atoms with Gasteiger partial charge in [-0.15, -0.1) is 0 Å². The van der Waals surface area contributed by atoms with Crippen LogP contribution in [0.1, 0.15) is 27.9 Å². The number of pyridine rings is 3. The standard InChI is InChI=1S/C22H19F3N4O/c1-30-18-9-19-16(12-28-21(19)29-13-18)8-14-2-4-17(27-10-14)5-3-15-11-26-7-6-20(15)22(23,24)25/h2,4,6-7,9-13H,3,5,8H2,1H3,(H,28,29). The van der Waals surface area contributed by atoms with E-state index in [2.05, 4.69) is 19.9 Å². The lowest BCUT2D eigenvalue weighted by atomic mass is 10.0. The average molecular weight is 412 g/mol. The summed E-state index contributed by atoms with van der Waals surface area (Å²) in [4.78, 5) is 15.7. The molecule has 0 spiro atoms. The molecular formula is C22H19F3N4O. The van der Waals surface area contributed by atoms with Gasteiger partial charge in [-0.05, 0) is 47.7 Å². The van der Waals surface area contributed by atoms with Crippen LogP contribution in [0.2, 0.25) is 0 Å². The van der Waals surface area contributed by atoms with E-state index in [1.54, 1.807) is 19.5 Å². The maximum atomic E-state index is 13.1. The molecule has 4 aromatic heterocycles. The second kappa shape index (κ2) is 8.14. The van der Waals surface area contributed by atoms with Gasteiger partial charge in [0.1, 0.15) is 11.4 Å². The molecule has 0 aromatic carbocycles. The lowest BCUT2D eigenvalue weighted by molar-refractivity contribution is -0.138. The number of halogens is 3. The third kappa shape index (κ3) is 4.27. The summed E-state index contributed by atoms with van der Waals surface area (Å²) in [5, 5.41) is 0.981. The first-order chi connectivity index (χ1) is 14.4. The van der Waals surface area contributed by atoms with Crippen molar-refractivity contribution in [3.05, 3.63) is 83.2 Å². The topological polar surface area (TPSA) is 63.7 Å². The van der Waals surface area contributed by atoms with Crippen molar-refractivity contribution in [1.29, 1.82) is 0 Å². The van der Waals surface area contributed by atoms with Crippen LogP contribution in [0.4, 0.5) is 13.2 Å². The minimum absolute atomic E-state index is 0.177. The maximum Gasteiger partial charge on any atom is 0.416 e. The molecule has 0 radical (unpaired) electrons. The van der Waals surface area contributed by atoms with Crippen LogP contribution in [0.5, 0.6) is 5.75 Å². The van der Waals surface area contributed by atoms with Crippen LogP contribution in [0.3, 0.4) is 0 Å². The van der Waals surface area contributed by atoms with Crippen LogP contribution >= 0.6 is 0 Å². The average Bonchev–Trinajstić information content (AvgIpc) is 3.14. The minimum atomic E-state index is -4.38. The number of nitrogens with one attached hydrogen (secondary N) is 1. The smallest absolute Gasteiger partial charge is 0.416 e. The highest BCUT2D eigenvalue weighted by atomic mass is 19.4. The number of nitrogens with zero attached hydrogens (tertiary/aromatic N) is 3. The fourth-order valence-corrected chi connectivity index (χ4v) is 3.39. The summed E-state index contributed by atoms with van der Waals surface area (Å²) in [6.45, 7) is 0. The van der Waals surface area contributed by atoms with Crippen molar-refractivity contribution in [1.82, 2.24) is 19.9 Å². The van der Waals surface area contributed by atoms with Crippen molar-refractivity contribution in [2.75, 3.05) is 7.11 Å². The molecule has 30 heavy (non-hydrogen) atoms. The van der Waals surface area contributed by atoms with E-state index in [4.69, 9.17) is 4.74 Å². The van der Waals surface area contributed by atoms with Crippen molar-refractivity contribution >= 4 is 11.0 Å². The molecule has 1 N–H and O–H groups in total. The Hall–Kier alpha value is -3.42. The molecule has 0 aliphatic rings. The Labute approximate surface area is 171 Å². The zero-order valence-corrected chi connectivity index (χ0v) is 16.2. The van der Waals surface area contributed by atoms with Gasteiger partial charge in [-0.2, -0.15) is 13.2 Å². The number of alkyl halides is 3. The fraction of sp³-hybridized carbons (Fsp3) is 0.227. The summed E-state index contributed by atoms with van der Waals surface area (Å²) in [5.41, 5.74) is 3.12. The second-order valence-electron chi connectivity index (χ2n) is 6.95. The Morgan fingerprint density at radius 3 is 2.60 bits per heavy atom. The Kier molecular flexibility index (Phi) is 5.39. The van der Waals surface area contributed by atoms with Crippen molar-refractivity contribution < 1.29 is 17.9 Å². The molecule has 5 nitrogen and oxygen atoms in total. The molecule has 0 aliphatic carbocycles. The van der Waals surface area contributed by atoms with Gasteiger partial charge in [0, 0.05) is 42.3 Å². The Balaban J connectivity index is 1.46. The number of aromatic nitrogens is 4. The SMILES string of the molecule is COc1cnc2[nH]cc(Cc3ccc(CCc4cnccc4C(F)(F)F)nc3)c2c1. The summed E-state index contributed by atoms with van der Waals surface area (Å²) < 4.78 is 44.6. The summed E-state index contributed by atoms with van der Waals surface area (Å²) in [6, 6.07) is 6.74. The highest BCUT2D eigenvalue weighted by Gasteiger charge is 2.32. The summed E-state index contributed by atoms with van der Waals surface area (Å²) in [5.74, 6) is 0.686. The molecule has 4 aromatic rings. The highest BCUT2D eigenvalue weighted by molar-refractivity contribution is 5.81. The molecule has 0 saturated carbocycles. The molecule has 0 saturated heterocycles. The predicted molar refractivity (Wildman–Crippen MR) is 106 cm³/mol. The van der Waals surface area contributed by atoms with Gasteiger partial charge in [0.25, 0.3) is 0 Å². The zero-order valence-electron chi connectivity index (χ0n) is 16.2. The van der Waals surface area contributed by atoms with Gasteiger partial charge in [0.05, 0.1) is 18.9 Å². The Morgan fingerprint density at radius 2 is 1.87 bits per heavy atom. The number of H-pyrrole nitrogens is 1. The van der Waals surface area contributed by atoms with E-state index in [0.29, 0.717) is 18.6 Å². The lowest BCUT2D eigenvalue weighted by Gasteiger charge is -2.11.